The molecule has 0 spiro atoms. The lowest BCUT2D eigenvalue weighted by Crippen LogP contribution is -2.19. The molecule has 108 valence electrons. The molecule has 0 aliphatic carbocycles. The number of halogens is 4. The summed E-state index contributed by atoms with van der Waals surface area (Å²) in [6, 6.07) is 5.56. The van der Waals surface area contributed by atoms with Gasteiger partial charge in [0.1, 0.15) is 19.0 Å². The Bertz CT molecular complexity index is 399. The average molecular weight is 342 g/mol. The van der Waals surface area contributed by atoms with Crippen molar-refractivity contribution in [3.63, 3.8) is 0 Å². The fourth-order valence-electron chi connectivity index (χ4n) is 1.44. The Morgan fingerprint density at radius 3 is 2.63 bits per heavy atom. The molecule has 0 saturated carbocycles. The zero-order valence-electron chi connectivity index (χ0n) is 10.4. The summed E-state index contributed by atoms with van der Waals surface area (Å²) < 4.78 is 46.3. The number of alkyl halides is 3. The first-order valence-corrected chi connectivity index (χ1v) is 6.42. The van der Waals surface area contributed by atoms with Gasteiger partial charge in [0.15, 0.2) is 0 Å². The van der Waals surface area contributed by atoms with E-state index in [4.69, 9.17) is 4.74 Å². The second kappa shape index (κ2) is 7.72. The predicted molar refractivity (Wildman–Crippen MR) is 69.3 cm³/mol. The van der Waals surface area contributed by atoms with Gasteiger partial charge in [0.05, 0.1) is 11.1 Å². The SMILES string of the molecule is CNCc1cccc(Br)c1OCCOCC(F)(F)F. The van der Waals surface area contributed by atoms with Crippen LogP contribution in [0, 0.1) is 0 Å². The largest absolute Gasteiger partial charge is 0.490 e. The fourth-order valence-corrected chi connectivity index (χ4v) is 1.96. The molecule has 0 aromatic heterocycles. The molecule has 0 atom stereocenters. The number of nitrogens with one attached hydrogen (secondary N) is 1. The van der Waals surface area contributed by atoms with Crippen LogP contribution in [0.1, 0.15) is 5.56 Å². The Labute approximate surface area is 118 Å². The molecular weight excluding hydrogens is 327 g/mol. The maximum atomic E-state index is 11.9. The third kappa shape index (κ3) is 6.26. The summed E-state index contributed by atoms with van der Waals surface area (Å²) in [5.74, 6) is 0.618. The van der Waals surface area contributed by atoms with Crippen molar-refractivity contribution >= 4 is 15.9 Å². The Kier molecular flexibility index (Phi) is 6.60. The molecule has 0 radical (unpaired) electrons. The van der Waals surface area contributed by atoms with Gasteiger partial charge in [-0.25, -0.2) is 0 Å². The van der Waals surface area contributed by atoms with E-state index >= 15 is 0 Å². The molecule has 0 aliphatic heterocycles. The van der Waals surface area contributed by atoms with Crippen LogP contribution in [0.3, 0.4) is 0 Å². The number of rotatable bonds is 7. The molecule has 19 heavy (non-hydrogen) atoms. The average Bonchev–Trinajstić information content (AvgIpc) is 2.31. The van der Waals surface area contributed by atoms with Gasteiger partial charge in [-0.15, -0.1) is 0 Å². The van der Waals surface area contributed by atoms with Crippen molar-refractivity contribution in [2.24, 2.45) is 0 Å². The van der Waals surface area contributed by atoms with E-state index in [0.29, 0.717) is 12.3 Å². The molecule has 1 aromatic carbocycles. The van der Waals surface area contributed by atoms with E-state index in [-0.39, 0.29) is 13.2 Å². The molecule has 1 rings (SSSR count). The molecule has 1 aromatic rings. The van der Waals surface area contributed by atoms with Crippen molar-refractivity contribution in [2.45, 2.75) is 12.7 Å². The summed E-state index contributed by atoms with van der Waals surface area (Å²) in [6.45, 7) is -0.691. The molecule has 0 bridgehead atoms. The van der Waals surface area contributed by atoms with Gasteiger partial charge < -0.3 is 14.8 Å². The summed E-state index contributed by atoms with van der Waals surface area (Å²) in [5.41, 5.74) is 0.924. The molecule has 3 nitrogen and oxygen atoms in total. The quantitative estimate of drug-likeness (QED) is 0.773. The van der Waals surface area contributed by atoms with E-state index in [1.807, 2.05) is 18.2 Å². The molecule has 0 aliphatic rings. The Balaban J connectivity index is 2.44. The van der Waals surface area contributed by atoms with Crippen LogP contribution in [0.4, 0.5) is 13.2 Å². The number of para-hydroxylation sites is 1. The van der Waals surface area contributed by atoms with Crippen molar-refractivity contribution in [3.05, 3.63) is 28.2 Å². The van der Waals surface area contributed by atoms with E-state index in [0.717, 1.165) is 10.0 Å². The van der Waals surface area contributed by atoms with Crippen LogP contribution >= 0.6 is 15.9 Å². The van der Waals surface area contributed by atoms with Crippen LogP contribution < -0.4 is 10.1 Å². The van der Waals surface area contributed by atoms with E-state index < -0.39 is 12.8 Å². The van der Waals surface area contributed by atoms with E-state index in [1.54, 1.807) is 7.05 Å². The van der Waals surface area contributed by atoms with Gasteiger partial charge in [0.25, 0.3) is 0 Å². The van der Waals surface area contributed by atoms with Crippen LogP contribution in [0.15, 0.2) is 22.7 Å². The highest BCUT2D eigenvalue weighted by atomic mass is 79.9. The number of hydrogen-bond donors (Lipinski definition) is 1. The van der Waals surface area contributed by atoms with Gasteiger partial charge in [-0.2, -0.15) is 13.2 Å². The highest BCUT2D eigenvalue weighted by Crippen LogP contribution is 2.29. The summed E-state index contributed by atoms with van der Waals surface area (Å²) in [7, 11) is 1.80. The lowest BCUT2D eigenvalue weighted by molar-refractivity contribution is -0.175. The number of ether oxygens (including phenoxy) is 2. The molecule has 1 N–H and O–H groups in total. The minimum absolute atomic E-state index is 0.0649. The molecule has 0 unspecified atom stereocenters. The third-order valence-electron chi connectivity index (χ3n) is 2.16. The molecule has 0 fully saturated rings. The standard InChI is InChI=1S/C12H15BrF3NO2/c1-17-7-9-3-2-4-10(13)11(9)19-6-5-18-8-12(14,15)16/h2-4,17H,5-8H2,1H3. The maximum Gasteiger partial charge on any atom is 0.411 e. The lowest BCUT2D eigenvalue weighted by atomic mass is 10.2. The fraction of sp³-hybridized carbons (Fsp3) is 0.500. The van der Waals surface area contributed by atoms with Gasteiger partial charge in [-0.05, 0) is 29.0 Å². The lowest BCUT2D eigenvalue weighted by Gasteiger charge is -2.13. The molecule has 7 heteroatoms. The molecule has 0 saturated heterocycles. The maximum absolute atomic E-state index is 11.9. The van der Waals surface area contributed by atoms with Crippen molar-refractivity contribution in [1.29, 1.82) is 0 Å². The zero-order valence-corrected chi connectivity index (χ0v) is 12.0. The topological polar surface area (TPSA) is 30.5 Å². The van der Waals surface area contributed by atoms with Crippen LogP contribution in [0.2, 0.25) is 0 Å². The Hall–Kier alpha value is -0.790. The van der Waals surface area contributed by atoms with Crippen LogP contribution in [0.5, 0.6) is 5.75 Å². The number of benzene rings is 1. The summed E-state index contributed by atoms with van der Waals surface area (Å²) >= 11 is 3.34. The summed E-state index contributed by atoms with van der Waals surface area (Å²) in [6.07, 6.45) is -4.30. The van der Waals surface area contributed by atoms with Gasteiger partial charge in [-0.1, -0.05) is 12.1 Å². The third-order valence-corrected chi connectivity index (χ3v) is 2.78. The number of hydrogen-bond acceptors (Lipinski definition) is 3. The summed E-state index contributed by atoms with van der Waals surface area (Å²) in [4.78, 5) is 0. The van der Waals surface area contributed by atoms with Crippen LogP contribution in [-0.4, -0.2) is 33.0 Å². The van der Waals surface area contributed by atoms with Crippen molar-refractivity contribution in [3.8, 4) is 5.75 Å². The predicted octanol–water partition coefficient (Wildman–Crippen LogP) is 3.13. The van der Waals surface area contributed by atoms with Crippen molar-refractivity contribution in [2.75, 3.05) is 26.9 Å². The van der Waals surface area contributed by atoms with E-state index in [1.165, 1.54) is 0 Å². The smallest absolute Gasteiger partial charge is 0.411 e. The minimum atomic E-state index is -4.30. The van der Waals surface area contributed by atoms with Gasteiger partial charge in [-0.3, -0.25) is 0 Å². The normalized spacial score (nSPS) is 11.6. The van der Waals surface area contributed by atoms with Crippen LogP contribution in [-0.2, 0) is 11.3 Å². The van der Waals surface area contributed by atoms with Gasteiger partial charge in [0.2, 0.25) is 0 Å². The second-order valence-electron chi connectivity index (χ2n) is 3.77. The van der Waals surface area contributed by atoms with Crippen molar-refractivity contribution < 1.29 is 22.6 Å². The summed E-state index contributed by atoms with van der Waals surface area (Å²) in [5, 5.41) is 2.99. The highest BCUT2D eigenvalue weighted by Gasteiger charge is 2.27. The van der Waals surface area contributed by atoms with E-state index in [2.05, 4.69) is 26.0 Å². The second-order valence-corrected chi connectivity index (χ2v) is 4.63. The minimum Gasteiger partial charge on any atom is -0.490 e. The highest BCUT2D eigenvalue weighted by molar-refractivity contribution is 9.10. The first-order chi connectivity index (χ1) is 8.94. The van der Waals surface area contributed by atoms with Gasteiger partial charge in [0, 0.05) is 12.1 Å². The molecular formula is C12H15BrF3NO2. The molecule has 0 amide bonds. The monoisotopic (exact) mass is 341 g/mol. The Morgan fingerprint density at radius 1 is 1.26 bits per heavy atom. The Morgan fingerprint density at radius 2 is 2.00 bits per heavy atom. The van der Waals surface area contributed by atoms with E-state index in [9.17, 15) is 13.2 Å². The zero-order chi connectivity index (χ0) is 14.3. The first-order valence-electron chi connectivity index (χ1n) is 5.63. The van der Waals surface area contributed by atoms with Crippen molar-refractivity contribution in [1.82, 2.24) is 5.32 Å². The molecule has 0 heterocycles. The van der Waals surface area contributed by atoms with Crippen LogP contribution in [0.25, 0.3) is 0 Å². The van der Waals surface area contributed by atoms with Gasteiger partial charge >= 0.3 is 6.18 Å². The first kappa shape index (κ1) is 16.3.